The predicted octanol–water partition coefficient (Wildman–Crippen LogP) is 0.422. The van der Waals surface area contributed by atoms with Crippen molar-refractivity contribution in [3.05, 3.63) is 0 Å². The number of carbonyl (C=O) groups is 2. The third-order valence-corrected chi connectivity index (χ3v) is 2.06. The fourth-order valence-corrected chi connectivity index (χ4v) is 0.834. The minimum absolute atomic E-state index is 0.0472. The Kier molecular flexibility index (Phi) is 5.87. The molecule has 5 nitrogen and oxygen atoms in total. The maximum absolute atomic E-state index is 11.3. The zero-order valence-electron chi connectivity index (χ0n) is 8.73. The summed E-state index contributed by atoms with van der Waals surface area (Å²) in [5.41, 5.74) is 5.60. The van der Waals surface area contributed by atoms with Crippen molar-refractivity contribution < 1.29 is 19.1 Å². The molecule has 0 bridgehead atoms. The van der Waals surface area contributed by atoms with Gasteiger partial charge in [0.05, 0.1) is 0 Å². The molecule has 0 aliphatic heterocycles. The number of carbonyl (C=O) groups excluding carboxylic acids is 2. The van der Waals surface area contributed by atoms with Crippen molar-refractivity contribution in [3.63, 3.8) is 0 Å². The molecule has 0 aliphatic carbocycles. The van der Waals surface area contributed by atoms with Crippen LogP contribution in [0.3, 0.4) is 0 Å². The first-order valence-electron chi connectivity index (χ1n) is 4.58. The van der Waals surface area contributed by atoms with Crippen LogP contribution in [0.4, 0.5) is 0 Å². The second kappa shape index (κ2) is 6.37. The molecule has 0 fully saturated rings. The van der Waals surface area contributed by atoms with E-state index in [1.807, 2.05) is 13.8 Å². The fraction of sp³-hybridized carbons (Fsp3) is 0.778. The lowest BCUT2D eigenvalue weighted by atomic mass is 10.0. The van der Waals surface area contributed by atoms with E-state index < -0.39 is 18.3 Å². The van der Waals surface area contributed by atoms with Crippen molar-refractivity contribution in [2.75, 3.05) is 0 Å². The zero-order chi connectivity index (χ0) is 11.1. The van der Waals surface area contributed by atoms with Crippen LogP contribution >= 0.6 is 0 Å². The minimum atomic E-state index is -0.880. The molecule has 0 heterocycles. The highest BCUT2D eigenvalue weighted by molar-refractivity contribution is 5.75. The molecular formula is C9H17NO4. The van der Waals surface area contributed by atoms with Gasteiger partial charge in [-0.25, -0.2) is 0 Å². The van der Waals surface area contributed by atoms with E-state index in [1.54, 1.807) is 0 Å². The van der Waals surface area contributed by atoms with Crippen LogP contribution in [-0.4, -0.2) is 24.8 Å². The molecule has 0 amide bonds. The van der Waals surface area contributed by atoms with E-state index in [0.29, 0.717) is 0 Å². The summed E-state index contributed by atoms with van der Waals surface area (Å²) in [6, 6.07) is -0.669. The molecule has 0 saturated heterocycles. The number of rotatable bonds is 6. The van der Waals surface area contributed by atoms with Crippen LogP contribution in [0.25, 0.3) is 0 Å². The van der Waals surface area contributed by atoms with Crippen LogP contribution in [0.1, 0.15) is 27.2 Å². The lowest BCUT2D eigenvalue weighted by molar-refractivity contribution is -0.178. The molecule has 0 aromatic rings. The topological polar surface area (TPSA) is 78.6 Å². The Bertz CT molecular complexity index is 195. The van der Waals surface area contributed by atoms with E-state index in [1.165, 1.54) is 6.92 Å². The Labute approximate surface area is 83.5 Å². The first-order valence-corrected chi connectivity index (χ1v) is 4.58. The van der Waals surface area contributed by atoms with Gasteiger partial charge >= 0.3 is 5.97 Å². The normalized spacial score (nSPS) is 16.6. The number of ether oxygens (including phenoxy) is 2. The summed E-state index contributed by atoms with van der Waals surface area (Å²) in [5.74, 6) is -0.500. The van der Waals surface area contributed by atoms with E-state index in [4.69, 9.17) is 10.5 Å². The van der Waals surface area contributed by atoms with Gasteiger partial charge in [-0.2, -0.15) is 0 Å². The molecular weight excluding hydrogens is 186 g/mol. The molecule has 0 rings (SSSR count). The third-order valence-electron chi connectivity index (χ3n) is 2.06. The Morgan fingerprint density at radius 2 is 2.07 bits per heavy atom. The van der Waals surface area contributed by atoms with Crippen molar-refractivity contribution in [3.8, 4) is 0 Å². The van der Waals surface area contributed by atoms with Gasteiger partial charge in [-0.3, -0.25) is 9.59 Å². The van der Waals surface area contributed by atoms with Crippen molar-refractivity contribution in [2.45, 2.75) is 39.5 Å². The summed E-state index contributed by atoms with van der Waals surface area (Å²) in [7, 11) is 0. The Hall–Kier alpha value is -1.10. The van der Waals surface area contributed by atoms with Crippen LogP contribution in [-0.2, 0) is 19.1 Å². The first-order chi connectivity index (χ1) is 6.52. The Morgan fingerprint density at radius 3 is 2.50 bits per heavy atom. The van der Waals surface area contributed by atoms with Crippen molar-refractivity contribution >= 4 is 12.4 Å². The van der Waals surface area contributed by atoms with Gasteiger partial charge in [-0.15, -0.1) is 0 Å². The van der Waals surface area contributed by atoms with Gasteiger partial charge < -0.3 is 15.2 Å². The van der Waals surface area contributed by atoms with E-state index in [9.17, 15) is 9.59 Å². The van der Waals surface area contributed by atoms with E-state index >= 15 is 0 Å². The minimum Gasteiger partial charge on any atom is -0.428 e. The van der Waals surface area contributed by atoms with Crippen LogP contribution in [0, 0.1) is 5.92 Å². The van der Waals surface area contributed by atoms with Crippen LogP contribution in [0.5, 0.6) is 0 Å². The zero-order valence-corrected chi connectivity index (χ0v) is 8.73. The van der Waals surface area contributed by atoms with Gasteiger partial charge in [0.1, 0.15) is 6.04 Å². The standard InChI is InChI=1S/C9H17NO4/c1-4-6(2)8(10)9(12)14-7(3)13-5-11/h5-8H,4,10H2,1-3H3. The molecule has 82 valence electrons. The molecule has 0 saturated carbocycles. The van der Waals surface area contributed by atoms with Crippen molar-refractivity contribution in [1.82, 2.24) is 0 Å². The average Bonchev–Trinajstić information content (AvgIpc) is 2.15. The van der Waals surface area contributed by atoms with E-state index in [-0.39, 0.29) is 12.4 Å². The smallest absolute Gasteiger partial charge is 0.326 e. The summed E-state index contributed by atoms with van der Waals surface area (Å²) in [4.78, 5) is 21.2. The van der Waals surface area contributed by atoms with Crippen LogP contribution < -0.4 is 5.73 Å². The van der Waals surface area contributed by atoms with Gasteiger partial charge in [0.25, 0.3) is 6.47 Å². The third kappa shape index (κ3) is 4.23. The number of hydrogen-bond donors (Lipinski definition) is 1. The molecule has 0 aliphatic rings. The Morgan fingerprint density at radius 1 is 1.50 bits per heavy atom. The average molecular weight is 203 g/mol. The van der Waals surface area contributed by atoms with Crippen molar-refractivity contribution in [2.24, 2.45) is 11.7 Å². The molecule has 0 aromatic carbocycles. The summed E-state index contributed by atoms with van der Waals surface area (Å²) >= 11 is 0. The highest BCUT2D eigenvalue weighted by Gasteiger charge is 2.22. The molecule has 14 heavy (non-hydrogen) atoms. The predicted molar refractivity (Wildman–Crippen MR) is 50.1 cm³/mol. The molecule has 0 radical (unpaired) electrons. The van der Waals surface area contributed by atoms with Crippen LogP contribution in [0.2, 0.25) is 0 Å². The Balaban J connectivity index is 4.00. The summed E-state index contributed by atoms with van der Waals surface area (Å²) in [6.45, 7) is 5.47. The molecule has 5 heteroatoms. The largest absolute Gasteiger partial charge is 0.428 e. The highest BCUT2D eigenvalue weighted by Crippen LogP contribution is 2.07. The summed E-state index contributed by atoms with van der Waals surface area (Å²) in [6.07, 6.45) is -0.0887. The number of esters is 1. The molecule has 3 unspecified atom stereocenters. The van der Waals surface area contributed by atoms with Gasteiger partial charge in [-0.1, -0.05) is 20.3 Å². The first kappa shape index (κ1) is 12.9. The maximum Gasteiger partial charge on any atom is 0.326 e. The quantitative estimate of drug-likeness (QED) is 0.384. The van der Waals surface area contributed by atoms with Crippen LogP contribution in [0.15, 0.2) is 0 Å². The highest BCUT2D eigenvalue weighted by atomic mass is 16.7. The fourth-order valence-electron chi connectivity index (χ4n) is 0.834. The maximum atomic E-state index is 11.3. The number of nitrogens with two attached hydrogens (primary N) is 1. The van der Waals surface area contributed by atoms with Crippen molar-refractivity contribution in [1.29, 1.82) is 0 Å². The van der Waals surface area contributed by atoms with Gasteiger partial charge in [0.15, 0.2) is 0 Å². The molecule has 2 N–H and O–H groups in total. The van der Waals surface area contributed by atoms with E-state index in [0.717, 1.165) is 6.42 Å². The monoisotopic (exact) mass is 203 g/mol. The summed E-state index contributed by atoms with van der Waals surface area (Å²) in [5, 5.41) is 0. The molecule has 3 atom stereocenters. The van der Waals surface area contributed by atoms with Gasteiger partial charge in [0, 0.05) is 6.92 Å². The summed E-state index contributed by atoms with van der Waals surface area (Å²) < 4.78 is 9.15. The molecule has 0 spiro atoms. The van der Waals surface area contributed by atoms with Gasteiger partial charge in [-0.05, 0) is 5.92 Å². The second-order valence-electron chi connectivity index (χ2n) is 3.15. The lowest BCUT2D eigenvalue weighted by Gasteiger charge is -2.18. The van der Waals surface area contributed by atoms with Gasteiger partial charge in [0.2, 0.25) is 6.29 Å². The SMILES string of the molecule is CCC(C)C(N)C(=O)OC(C)OC=O. The number of hydrogen-bond acceptors (Lipinski definition) is 5. The second-order valence-corrected chi connectivity index (χ2v) is 3.15. The lowest BCUT2D eigenvalue weighted by Crippen LogP contribution is -2.39. The van der Waals surface area contributed by atoms with E-state index in [2.05, 4.69) is 4.74 Å². The molecule has 0 aromatic heterocycles.